The normalized spacial score (nSPS) is 11.0. The Morgan fingerprint density at radius 2 is 1.84 bits per heavy atom. The Balaban J connectivity index is 1.51. The van der Waals surface area contributed by atoms with Gasteiger partial charge >= 0.3 is 0 Å². The third-order valence-corrected chi connectivity index (χ3v) is 5.34. The first-order valence-corrected chi connectivity index (χ1v) is 10.4. The Morgan fingerprint density at radius 3 is 2.58 bits per heavy atom. The van der Waals surface area contributed by atoms with Crippen molar-refractivity contribution in [3.05, 3.63) is 76.3 Å². The van der Waals surface area contributed by atoms with Gasteiger partial charge in [-0.15, -0.1) is 0 Å². The molecule has 0 radical (unpaired) electrons. The number of fused-ring (bicyclic) bond motifs is 1. The number of aromatic nitrogens is 3. The van der Waals surface area contributed by atoms with Crippen LogP contribution in [0.4, 0.5) is 5.69 Å². The largest absolute Gasteiger partial charge is 0.348 e. The average Bonchev–Trinajstić information content (AvgIpc) is 3.24. The van der Waals surface area contributed by atoms with Crippen molar-refractivity contribution >= 4 is 22.7 Å². The maximum absolute atomic E-state index is 12.8. The van der Waals surface area contributed by atoms with E-state index in [2.05, 4.69) is 22.4 Å². The minimum Gasteiger partial charge on any atom is -0.348 e. The molecule has 7 nitrogen and oxygen atoms in total. The lowest BCUT2D eigenvalue weighted by atomic mass is 10.1. The van der Waals surface area contributed by atoms with Gasteiger partial charge in [0.05, 0.1) is 6.33 Å². The van der Waals surface area contributed by atoms with E-state index in [-0.39, 0.29) is 30.0 Å². The summed E-state index contributed by atoms with van der Waals surface area (Å²) in [6.07, 6.45) is 3.36. The first kappa shape index (κ1) is 20.5. The van der Waals surface area contributed by atoms with E-state index in [4.69, 9.17) is 4.52 Å². The molecule has 4 aromatic rings. The molecule has 31 heavy (non-hydrogen) atoms. The van der Waals surface area contributed by atoms with Crippen molar-refractivity contribution in [1.82, 2.24) is 14.7 Å². The van der Waals surface area contributed by atoms with Crippen molar-refractivity contribution in [2.24, 2.45) is 0 Å². The van der Waals surface area contributed by atoms with Crippen LogP contribution in [0.1, 0.15) is 31.4 Å². The lowest BCUT2D eigenvalue weighted by molar-refractivity contribution is -0.116. The summed E-state index contributed by atoms with van der Waals surface area (Å²) in [5.74, 6) is -0.165. The zero-order valence-corrected chi connectivity index (χ0v) is 17.6. The van der Waals surface area contributed by atoms with Crippen LogP contribution in [-0.2, 0) is 24.2 Å². The smallest absolute Gasteiger partial charge is 0.299 e. The van der Waals surface area contributed by atoms with Gasteiger partial charge in [0.25, 0.3) is 11.1 Å². The summed E-state index contributed by atoms with van der Waals surface area (Å²) >= 11 is 0. The van der Waals surface area contributed by atoms with E-state index in [1.807, 2.05) is 55.5 Å². The fraction of sp³-hybridized carbons (Fsp3) is 0.250. The van der Waals surface area contributed by atoms with Gasteiger partial charge in [-0.25, -0.2) is 4.98 Å². The van der Waals surface area contributed by atoms with E-state index < -0.39 is 0 Å². The van der Waals surface area contributed by atoms with Crippen LogP contribution >= 0.6 is 0 Å². The summed E-state index contributed by atoms with van der Waals surface area (Å²) in [5, 5.41) is 6.98. The van der Waals surface area contributed by atoms with Crippen molar-refractivity contribution in [3.63, 3.8) is 0 Å². The predicted octanol–water partition coefficient (Wildman–Crippen LogP) is 4.21. The molecule has 1 N–H and O–H groups in total. The van der Waals surface area contributed by atoms with E-state index in [1.165, 1.54) is 16.5 Å². The fourth-order valence-corrected chi connectivity index (χ4v) is 3.49. The molecule has 7 heteroatoms. The van der Waals surface area contributed by atoms with Crippen LogP contribution in [0.5, 0.6) is 0 Å². The molecule has 0 fully saturated rings. The molecular weight excluding hydrogens is 392 g/mol. The van der Waals surface area contributed by atoms with Crippen molar-refractivity contribution in [2.75, 3.05) is 5.32 Å². The number of rotatable bonds is 7. The first-order chi connectivity index (χ1) is 15.1. The molecule has 0 bridgehead atoms. The summed E-state index contributed by atoms with van der Waals surface area (Å²) < 4.78 is 6.70. The molecule has 2 aromatic heterocycles. The highest BCUT2D eigenvalue weighted by Gasteiger charge is 2.17. The molecule has 0 saturated carbocycles. The maximum Gasteiger partial charge on any atom is 0.299 e. The maximum atomic E-state index is 12.8. The van der Waals surface area contributed by atoms with E-state index in [1.54, 1.807) is 0 Å². The monoisotopic (exact) mass is 416 g/mol. The molecule has 2 heterocycles. The molecule has 0 aliphatic rings. The molecule has 0 saturated heterocycles. The molecule has 1 amide bonds. The summed E-state index contributed by atoms with van der Waals surface area (Å²) in [5.41, 5.74) is 4.62. The Hall–Kier alpha value is -3.74. The van der Waals surface area contributed by atoms with E-state index in [9.17, 15) is 9.59 Å². The zero-order chi connectivity index (χ0) is 21.8. The number of para-hydroxylation sites is 1. The summed E-state index contributed by atoms with van der Waals surface area (Å²) in [4.78, 5) is 29.6. The SMILES string of the molecule is CCc1ccc(-c2noc3c(=O)n(CCC(=O)Nc4ccccc4CC)cnc23)cc1. The molecule has 0 spiro atoms. The molecule has 4 rings (SSSR count). The number of anilines is 1. The lowest BCUT2D eigenvalue weighted by Crippen LogP contribution is -2.23. The van der Waals surface area contributed by atoms with Gasteiger partial charge in [0, 0.05) is 24.2 Å². The lowest BCUT2D eigenvalue weighted by Gasteiger charge is -2.10. The number of nitrogens with zero attached hydrogens (tertiary/aromatic N) is 3. The van der Waals surface area contributed by atoms with Crippen LogP contribution < -0.4 is 10.9 Å². The molecule has 158 valence electrons. The number of carbonyl (C=O) groups excluding carboxylic acids is 1. The van der Waals surface area contributed by atoms with E-state index in [0.29, 0.717) is 11.2 Å². The predicted molar refractivity (Wildman–Crippen MR) is 120 cm³/mol. The highest BCUT2D eigenvalue weighted by atomic mass is 16.5. The van der Waals surface area contributed by atoms with Gasteiger partial charge in [0.2, 0.25) is 5.91 Å². The van der Waals surface area contributed by atoms with Crippen LogP contribution in [0.2, 0.25) is 0 Å². The minimum atomic E-state index is -0.351. The van der Waals surface area contributed by atoms with Gasteiger partial charge in [0.1, 0.15) is 11.2 Å². The van der Waals surface area contributed by atoms with Crippen molar-refractivity contribution < 1.29 is 9.32 Å². The van der Waals surface area contributed by atoms with Crippen molar-refractivity contribution in [2.45, 2.75) is 39.7 Å². The highest BCUT2D eigenvalue weighted by Crippen LogP contribution is 2.25. The van der Waals surface area contributed by atoms with Crippen LogP contribution in [-0.4, -0.2) is 20.6 Å². The second-order valence-corrected chi connectivity index (χ2v) is 7.31. The zero-order valence-electron chi connectivity index (χ0n) is 17.6. The summed E-state index contributed by atoms with van der Waals surface area (Å²) in [7, 11) is 0. The Labute approximate surface area is 179 Å². The van der Waals surface area contributed by atoms with Gasteiger partial charge in [-0.3, -0.25) is 14.2 Å². The average molecular weight is 416 g/mol. The highest BCUT2D eigenvalue weighted by molar-refractivity contribution is 5.91. The number of aryl methyl sites for hydroxylation is 3. The number of hydrogen-bond acceptors (Lipinski definition) is 5. The topological polar surface area (TPSA) is 90.0 Å². The van der Waals surface area contributed by atoms with Gasteiger partial charge in [-0.1, -0.05) is 61.5 Å². The molecule has 0 atom stereocenters. The Bertz CT molecular complexity index is 1270. The summed E-state index contributed by atoms with van der Waals surface area (Å²) in [6, 6.07) is 15.6. The molecule has 0 aliphatic carbocycles. The fourth-order valence-electron chi connectivity index (χ4n) is 3.49. The number of benzene rings is 2. The van der Waals surface area contributed by atoms with Crippen LogP contribution in [0.25, 0.3) is 22.4 Å². The van der Waals surface area contributed by atoms with Gasteiger partial charge in [-0.05, 0) is 30.0 Å². The number of nitrogens with one attached hydrogen (secondary N) is 1. The standard InChI is InChI=1S/C24H24N4O3/c1-3-16-9-11-18(12-10-16)21-22-23(31-27-21)24(30)28(15-25-22)14-13-20(29)26-19-8-6-5-7-17(19)4-2/h5-12,15H,3-4,13-14H2,1-2H3,(H,26,29). The van der Waals surface area contributed by atoms with Gasteiger partial charge in [0.15, 0.2) is 0 Å². The van der Waals surface area contributed by atoms with Crippen LogP contribution in [0.3, 0.4) is 0 Å². The van der Waals surface area contributed by atoms with Crippen LogP contribution in [0.15, 0.2) is 64.2 Å². The molecular formula is C24H24N4O3. The first-order valence-electron chi connectivity index (χ1n) is 10.4. The van der Waals surface area contributed by atoms with Gasteiger partial charge < -0.3 is 9.84 Å². The minimum absolute atomic E-state index is 0.0915. The number of carbonyl (C=O) groups is 1. The second-order valence-electron chi connectivity index (χ2n) is 7.31. The third kappa shape index (κ3) is 4.26. The Morgan fingerprint density at radius 1 is 1.06 bits per heavy atom. The second kappa shape index (κ2) is 8.95. The van der Waals surface area contributed by atoms with E-state index >= 15 is 0 Å². The number of hydrogen-bond donors (Lipinski definition) is 1. The van der Waals surface area contributed by atoms with Gasteiger partial charge in [-0.2, -0.15) is 0 Å². The molecule has 2 aromatic carbocycles. The molecule has 0 unspecified atom stereocenters. The number of amides is 1. The third-order valence-electron chi connectivity index (χ3n) is 5.34. The Kier molecular flexibility index (Phi) is 5.93. The van der Waals surface area contributed by atoms with Crippen molar-refractivity contribution in [1.29, 1.82) is 0 Å². The van der Waals surface area contributed by atoms with Crippen LogP contribution in [0, 0.1) is 0 Å². The quantitative estimate of drug-likeness (QED) is 0.487. The molecule has 0 aliphatic heterocycles. The van der Waals surface area contributed by atoms with Crippen molar-refractivity contribution in [3.8, 4) is 11.3 Å². The summed E-state index contributed by atoms with van der Waals surface area (Å²) in [6.45, 7) is 4.33. The van der Waals surface area contributed by atoms with E-state index in [0.717, 1.165) is 29.7 Å².